The van der Waals surface area contributed by atoms with E-state index in [2.05, 4.69) is 89.0 Å². The molecule has 3 aliphatic carbocycles. The van der Waals surface area contributed by atoms with E-state index in [0.717, 1.165) is 44.4 Å². The predicted molar refractivity (Wildman–Crippen MR) is 166 cm³/mol. The summed E-state index contributed by atoms with van der Waals surface area (Å²) in [5.41, 5.74) is 9.54. The van der Waals surface area contributed by atoms with E-state index >= 15 is 0 Å². The van der Waals surface area contributed by atoms with Crippen molar-refractivity contribution in [2.24, 2.45) is 17.8 Å². The van der Waals surface area contributed by atoms with Gasteiger partial charge in [0.15, 0.2) is 0 Å². The van der Waals surface area contributed by atoms with Gasteiger partial charge in [-0.1, -0.05) is 111 Å². The molecule has 1 saturated carbocycles. The molecule has 0 spiro atoms. The molecule has 37 heavy (non-hydrogen) atoms. The molecule has 0 radical (unpaired) electrons. The van der Waals surface area contributed by atoms with Gasteiger partial charge in [-0.2, -0.15) is 0 Å². The highest BCUT2D eigenvalue weighted by Crippen LogP contribution is 2.39. The molecule has 0 nitrogen and oxygen atoms in total. The number of rotatable bonds is 14. The zero-order chi connectivity index (χ0) is 26.5. The highest BCUT2D eigenvalue weighted by atomic mass is 14.3. The van der Waals surface area contributed by atoms with Crippen molar-refractivity contribution in [3.8, 4) is 0 Å². The van der Waals surface area contributed by atoms with E-state index in [9.17, 15) is 0 Å². The van der Waals surface area contributed by atoms with Gasteiger partial charge in [-0.15, -0.1) is 0 Å². The SMILES string of the molecule is C=C(CCCC(=C1CC1)C(C)C=CCC)CC(CC1=CCC(C)CC1)C(=CCC)C1=CC=CCCC=C1. The van der Waals surface area contributed by atoms with E-state index in [-0.39, 0.29) is 0 Å². The molecule has 0 bridgehead atoms. The lowest BCUT2D eigenvalue weighted by atomic mass is 9.78. The number of allylic oxidation sites excluding steroid dienone is 15. The molecule has 0 heterocycles. The van der Waals surface area contributed by atoms with E-state index in [4.69, 9.17) is 0 Å². The number of hydrogen-bond donors (Lipinski definition) is 0. The maximum Gasteiger partial charge on any atom is -0.00490 e. The largest absolute Gasteiger partial charge is 0.0998 e. The Labute approximate surface area is 229 Å². The Balaban J connectivity index is 1.71. The van der Waals surface area contributed by atoms with Gasteiger partial charge in [0.1, 0.15) is 0 Å². The fraction of sp³-hybridized carbons (Fsp3) is 0.568. The molecule has 202 valence electrons. The van der Waals surface area contributed by atoms with Crippen molar-refractivity contribution >= 4 is 0 Å². The second-order valence-corrected chi connectivity index (χ2v) is 11.8. The van der Waals surface area contributed by atoms with E-state index < -0.39 is 0 Å². The monoisotopic (exact) mass is 498 g/mol. The van der Waals surface area contributed by atoms with Gasteiger partial charge >= 0.3 is 0 Å². The van der Waals surface area contributed by atoms with E-state index in [1.165, 1.54) is 62.5 Å². The van der Waals surface area contributed by atoms with E-state index in [0.29, 0.717) is 11.8 Å². The first kappa shape index (κ1) is 29.5. The Kier molecular flexibility index (Phi) is 12.8. The third kappa shape index (κ3) is 10.3. The summed E-state index contributed by atoms with van der Waals surface area (Å²) in [6, 6.07) is 0. The lowest BCUT2D eigenvalue weighted by molar-refractivity contribution is 0.485. The van der Waals surface area contributed by atoms with Crippen LogP contribution in [0.15, 0.2) is 94.7 Å². The van der Waals surface area contributed by atoms with Gasteiger partial charge in [-0.25, -0.2) is 0 Å². The molecule has 3 atom stereocenters. The summed E-state index contributed by atoms with van der Waals surface area (Å²) in [6.07, 6.45) is 38.5. The van der Waals surface area contributed by atoms with Crippen LogP contribution in [-0.4, -0.2) is 0 Å². The number of hydrogen-bond acceptors (Lipinski definition) is 0. The summed E-state index contributed by atoms with van der Waals surface area (Å²) in [5.74, 6) is 1.97. The van der Waals surface area contributed by atoms with Crippen molar-refractivity contribution in [3.05, 3.63) is 94.7 Å². The first-order chi connectivity index (χ1) is 18.0. The molecular weight excluding hydrogens is 444 g/mol. The van der Waals surface area contributed by atoms with Gasteiger partial charge in [0.2, 0.25) is 0 Å². The van der Waals surface area contributed by atoms with Crippen molar-refractivity contribution in [3.63, 3.8) is 0 Å². The minimum Gasteiger partial charge on any atom is -0.0998 e. The first-order valence-electron chi connectivity index (χ1n) is 15.5. The maximum atomic E-state index is 4.64. The summed E-state index contributed by atoms with van der Waals surface area (Å²) < 4.78 is 0. The maximum absolute atomic E-state index is 4.64. The lowest BCUT2D eigenvalue weighted by Crippen LogP contribution is -2.12. The molecule has 0 N–H and O–H groups in total. The smallest absolute Gasteiger partial charge is 0.00490 e. The molecule has 0 amide bonds. The van der Waals surface area contributed by atoms with Crippen molar-refractivity contribution < 1.29 is 0 Å². The summed E-state index contributed by atoms with van der Waals surface area (Å²) in [4.78, 5) is 0. The van der Waals surface area contributed by atoms with Crippen LogP contribution in [0.25, 0.3) is 0 Å². The van der Waals surface area contributed by atoms with Crippen molar-refractivity contribution in [1.29, 1.82) is 0 Å². The van der Waals surface area contributed by atoms with Crippen LogP contribution in [-0.2, 0) is 0 Å². The minimum absolute atomic E-state index is 0.531. The first-order valence-corrected chi connectivity index (χ1v) is 15.5. The van der Waals surface area contributed by atoms with Crippen LogP contribution >= 0.6 is 0 Å². The van der Waals surface area contributed by atoms with Crippen molar-refractivity contribution in [2.45, 2.75) is 118 Å². The highest BCUT2D eigenvalue weighted by molar-refractivity contribution is 5.45. The predicted octanol–water partition coefficient (Wildman–Crippen LogP) is 11.7. The summed E-state index contributed by atoms with van der Waals surface area (Å²) in [7, 11) is 0. The third-order valence-electron chi connectivity index (χ3n) is 8.36. The minimum atomic E-state index is 0.531. The normalized spacial score (nSPS) is 21.8. The van der Waals surface area contributed by atoms with Crippen LogP contribution < -0.4 is 0 Å². The Morgan fingerprint density at radius 3 is 2.59 bits per heavy atom. The van der Waals surface area contributed by atoms with Crippen LogP contribution in [0.3, 0.4) is 0 Å². The van der Waals surface area contributed by atoms with Gasteiger partial charge in [-0.3, -0.25) is 0 Å². The van der Waals surface area contributed by atoms with Crippen LogP contribution in [0, 0.1) is 17.8 Å². The lowest BCUT2D eigenvalue weighted by Gasteiger charge is -2.27. The van der Waals surface area contributed by atoms with Crippen LogP contribution in [0.4, 0.5) is 0 Å². The van der Waals surface area contributed by atoms with Gasteiger partial charge in [0, 0.05) is 0 Å². The van der Waals surface area contributed by atoms with E-state index in [1.54, 1.807) is 22.3 Å². The van der Waals surface area contributed by atoms with Crippen molar-refractivity contribution in [2.75, 3.05) is 0 Å². The molecule has 0 heteroatoms. The van der Waals surface area contributed by atoms with Gasteiger partial charge in [0.05, 0.1) is 0 Å². The Hall–Kier alpha value is -2.08. The molecule has 0 saturated heterocycles. The van der Waals surface area contributed by atoms with Crippen molar-refractivity contribution in [1.82, 2.24) is 0 Å². The quantitative estimate of drug-likeness (QED) is 0.209. The molecule has 0 aliphatic heterocycles. The average Bonchev–Trinajstić information content (AvgIpc) is 3.70. The van der Waals surface area contributed by atoms with Gasteiger partial charge in [-0.05, 0) is 119 Å². The fourth-order valence-corrected chi connectivity index (χ4v) is 6.02. The molecule has 3 unspecified atom stereocenters. The zero-order valence-electron chi connectivity index (χ0n) is 24.5. The van der Waals surface area contributed by atoms with Crippen LogP contribution in [0.1, 0.15) is 118 Å². The fourth-order valence-electron chi connectivity index (χ4n) is 6.02. The summed E-state index contributed by atoms with van der Waals surface area (Å²) >= 11 is 0. The molecule has 3 aliphatic rings. The second-order valence-electron chi connectivity index (χ2n) is 11.8. The van der Waals surface area contributed by atoms with Gasteiger partial charge in [0.25, 0.3) is 0 Å². The van der Waals surface area contributed by atoms with Crippen LogP contribution in [0.2, 0.25) is 0 Å². The topological polar surface area (TPSA) is 0 Å². The Morgan fingerprint density at radius 2 is 1.89 bits per heavy atom. The average molecular weight is 499 g/mol. The van der Waals surface area contributed by atoms with Gasteiger partial charge < -0.3 is 0 Å². The molecule has 0 aromatic heterocycles. The molecule has 0 aromatic carbocycles. The third-order valence-corrected chi connectivity index (χ3v) is 8.36. The van der Waals surface area contributed by atoms with Crippen LogP contribution in [0.5, 0.6) is 0 Å². The molecule has 1 fully saturated rings. The van der Waals surface area contributed by atoms with E-state index in [1.807, 2.05) is 0 Å². The highest BCUT2D eigenvalue weighted by Gasteiger charge is 2.23. The molecule has 0 aromatic rings. The molecule has 3 rings (SSSR count). The summed E-state index contributed by atoms with van der Waals surface area (Å²) in [5, 5.41) is 0. The molecular formula is C37H54. The zero-order valence-corrected chi connectivity index (χ0v) is 24.5. The second kappa shape index (κ2) is 16.0. The Morgan fingerprint density at radius 1 is 1.08 bits per heavy atom. The summed E-state index contributed by atoms with van der Waals surface area (Å²) in [6.45, 7) is 14.0. The Bertz CT molecular complexity index is 948. The standard InChI is InChI=1S/C37H54/c1-6-8-17-31(5)36(34-25-26-34)20-14-16-30(4)27-35(28-32-23-21-29(3)22-24-32)37(15-7-2)33-18-12-10-9-11-13-19-33/h8,10,12-13,15,17-19,23,29,31,35H,4,6-7,9,11,14,16,20-22,24-28H2,1-3,5H3.